The van der Waals surface area contributed by atoms with Crippen LogP contribution in [0.1, 0.15) is 35.9 Å². The van der Waals surface area contributed by atoms with Gasteiger partial charge < -0.3 is 9.47 Å². The molecule has 0 unspecified atom stereocenters. The van der Waals surface area contributed by atoms with Crippen LogP contribution in [0.15, 0.2) is 12.1 Å². The molecule has 21 heavy (non-hydrogen) atoms. The van der Waals surface area contributed by atoms with E-state index >= 15 is 0 Å². The number of morpholine rings is 1. The maximum atomic E-state index is 6.29. The zero-order valence-electron chi connectivity index (χ0n) is 13.3. The molecular weight excluding hydrogens is 282 g/mol. The molecule has 118 valence electrons. The van der Waals surface area contributed by atoms with Gasteiger partial charge in [0.2, 0.25) is 0 Å². The molecule has 1 aliphatic heterocycles. The number of hydrogen-bond acceptors (Lipinski definition) is 4. The van der Waals surface area contributed by atoms with Crippen molar-refractivity contribution in [2.24, 2.45) is 5.92 Å². The third-order valence-electron chi connectivity index (χ3n) is 4.88. The molecule has 3 nitrogen and oxygen atoms in total. The first-order valence-electron chi connectivity index (χ1n) is 8.21. The second kappa shape index (κ2) is 6.78. The molecule has 0 N–H and O–H groups in total. The normalized spacial score (nSPS) is 30.3. The van der Waals surface area contributed by atoms with Crippen LogP contribution in [0.2, 0.25) is 0 Å². The monoisotopic (exact) mass is 309 g/mol. The molecule has 2 atom stereocenters. The fourth-order valence-corrected chi connectivity index (χ4v) is 4.75. The van der Waals surface area contributed by atoms with Gasteiger partial charge in [-0.1, -0.05) is 6.42 Å². The Morgan fingerprint density at radius 1 is 1.48 bits per heavy atom. The topological polar surface area (TPSA) is 21.7 Å². The van der Waals surface area contributed by atoms with Gasteiger partial charge in [-0.15, -0.1) is 11.3 Å². The predicted molar refractivity (Wildman–Crippen MR) is 86.9 cm³/mol. The van der Waals surface area contributed by atoms with Crippen LogP contribution in [0.4, 0.5) is 0 Å². The fourth-order valence-electron chi connectivity index (χ4n) is 3.82. The van der Waals surface area contributed by atoms with Crippen molar-refractivity contribution in [3.05, 3.63) is 21.9 Å². The summed E-state index contributed by atoms with van der Waals surface area (Å²) in [5.41, 5.74) is 0.0553. The molecule has 1 saturated heterocycles. The maximum Gasteiger partial charge on any atom is 0.0859 e. The Bertz CT molecular complexity index is 461. The Balaban J connectivity index is 1.64. The van der Waals surface area contributed by atoms with Gasteiger partial charge in [0.25, 0.3) is 0 Å². The number of nitrogens with zero attached hydrogens (tertiary/aromatic N) is 1. The van der Waals surface area contributed by atoms with E-state index in [0.29, 0.717) is 5.92 Å². The number of ether oxygens (including phenoxy) is 2. The van der Waals surface area contributed by atoms with Crippen LogP contribution in [-0.2, 0) is 16.0 Å². The molecule has 2 heterocycles. The molecule has 3 rings (SSSR count). The van der Waals surface area contributed by atoms with Crippen LogP contribution in [0, 0.1) is 12.8 Å². The fraction of sp³-hybridized carbons (Fsp3) is 0.765. The average molecular weight is 309 g/mol. The third kappa shape index (κ3) is 3.50. The molecule has 2 fully saturated rings. The highest BCUT2D eigenvalue weighted by molar-refractivity contribution is 7.11. The van der Waals surface area contributed by atoms with E-state index < -0.39 is 0 Å². The van der Waals surface area contributed by atoms with Crippen molar-refractivity contribution >= 4 is 11.3 Å². The molecule has 1 spiro atoms. The van der Waals surface area contributed by atoms with Crippen LogP contribution < -0.4 is 0 Å². The van der Waals surface area contributed by atoms with E-state index in [2.05, 4.69) is 30.9 Å². The van der Waals surface area contributed by atoms with Crippen molar-refractivity contribution < 1.29 is 9.47 Å². The molecule has 1 aliphatic carbocycles. The Labute approximate surface area is 132 Å². The van der Waals surface area contributed by atoms with Gasteiger partial charge in [0.05, 0.1) is 18.8 Å². The Morgan fingerprint density at radius 3 is 3.14 bits per heavy atom. The van der Waals surface area contributed by atoms with Crippen molar-refractivity contribution in [1.82, 2.24) is 4.90 Å². The SMILES string of the molecule is CCOC[C@@H]1CCC[C@@]12CN(Cc1ccc(C)s1)CCO2. The summed E-state index contributed by atoms with van der Waals surface area (Å²) < 4.78 is 12.0. The van der Waals surface area contributed by atoms with E-state index in [1.54, 1.807) is 0 Å². The molecule has 4 heteroatoms. The predicted octanol–water partition coefficient (Wildman–Crippen LogP) is 3.46. The zero-order valence-corrected chi connectivity index (χ0v) is 14.1. The van der Waals surface area contributed by atoms with E-state index in [0.717, 1.165) is 39.5 Å². The molecule has 0 bridgehead atoms. The summed E-state index contributed by atoms with van der Waals surface area (Å²) in [4.78, 5) is 5.46. The summed E-state index contributed by atoms with van der Waals surface area (Å²) in [6.45, 7) is 10.0. The van der Waals surface area contributed by atoms with Gasteiger partial charge in [-0.05, 0) is 38.8 Å². The van der Waals surface area contributed by atoms with Gasteiger partial charge in [-0.3, -0.25) is 4.90 Å². The van der Waals surface area contributed by atoms with Crippen LogP contribution in [0.3, 0.4) is 0 Å². The Hall–Kier alpha value is -0.420. The molecule has 0 amide bonds. The van der Waals surface area contributed by atoms with Gasteiger partial charge in [0.1, 0.15) is 0 Å². The van der Waals surface area contributed by atoms with Gasteiger partial charge in [-0.25, -0.2) is 0 Å². The van der Waals surface area contributed by atoms with E-state index in [9.17, 15) is 0 Å². The van der Waals surface area contributed by atoms with Crippen LogP contribution >= 0.6 is 11.3 Å². The summed E-state index contributed by atoms with van der Waals surface area (Å²) in [7, 11) is 0. The minimum absolute atomic E-state index is 0.0553. The van der Waals surface area contributed by atoms with Gasteiger partial charge in [0.15, 0.2) is 0 Å². The van der Waals surface area contributed by atoms with Crippen molar-refractivity contribution in [2.45, 2.75) is 45.3 Å². The lowest BCUT2D eigenvalue weighted by Crippen LogP contribution is -2.54. The smallest absolute Gasteiger partial charge is 0.0859 e. The summed E-state index contributed by atoms with van der Waals surface area (Å²) >= 11 is 1.92. The second-order valence-corrected chi connectivity index (χ2v) is 7.76. The summed E-state index contributed by atoms with van der Waals surface area (Å²) in [6, 6.07) is 4.50. The average Bonchev–Trinajstić information content (AvgIpc) is 3.04. The summed E-state index contributed by atoms with van der Waals surface area (Å²) in [5.74, 6) is 0.574. The molecule has 1 aromatic rings. The van der Waals surface area contributed by atoms with E-state index in [4.69, 9.17) is 9.47 Å². The summed E-state index contributed by atoms with van der Waals surface area (Å²) in [6.07, 6.45) is 3.74. The highest BCUT2D eigenvalue weighted by Gasteiger charge is 2.46. The number of hydrogen-bond donors (Lipinski definition) is 0. The molecule has 2 aliphatic rings. The van der Waals surface area contributed by atoms with Crippen molar-refractivity contribution in [3.8, 4) is 0 Å². The van der Waals surface area contributed by atoms with Crippen molar-refractivity contribution in [1.29, 1.82) is 0 Å². The van der Waals surface area contributed by atoms with Crippen molar-refractivity contribution in [3.63, 3.8) is 0 Å². The maximum absolute atomic E-state index is 6.29. The lowest BCUT2D eigenvalue weighted by molar-refractivity contribution is -0.142. The van der Waals surface area contributed by atoms with Gasteiger partial charge in [0, 0.05) is 41.9 Å². The molecular formula is C17H27NO2S. The standard InChI is InChI=1S/C17H27NO2S/c1-3-19-12-15-5-4-8-17(15)13-18(9-10-20-17)11-16-7-6-14(2)21-16/h6-7,15H,3-5,8-13H2,1-2H3/t15-,17+/m0/s1. The highest BCUT2D eigenvalue weighted by Crippen LogP contribution is 2.41. The quantitative estimate of drug-likeness (QED) is 0.831. The molecule has 1 aromatic heterocycles. The molecule has 0 aromatic carbocycles. The Kier molecular flexibility index (Phi) is 4.99. The first-order chi connectivity index (χ1) is 10.2. The molecule has 1 saturated carbocycles. The summed E-state index contributed by atoms with van der Waals surface area (Å²) in [5, 5.41) is 0. The van der Waals surface area contributed by atoms with Crippen LogP contribution in [0.25, 0.3) is 0 Å². The largest absolute Gasteiger partial charge is 0.381 e. The lowest BCUT2D eigenvalue weighted by Gasteiger charge is -2.44. The number of aryl methyl sites for hydroxylation is 1. The van der Waals surface area contributed by atoms with E-state index in [-0.39, 0.29) is 5.60 Å². The van der Waals surface area contributed by atoms with Crippen LogP contribution in [-0.4, -0.2) is 43.4 Å². The highest BCUT2D eigenvalue weighted by atomic mass is 32.1. The third-order valence-corrected chi connectivity index (χ3v) is 5.87. The minimum atomic E-state index is 0.0553. The minimum Gasteiger partial charge on any atom is -0.381 e. The van der Waals surface area contributed by atoms with Gasteiger partial charge in [-0.2, -0.15) is 0 Å². The second-order valence-electron chi connectivity index (χ2n) is 6.38. The van der Waals surface area contributed by atoms with Gasteiger partial charge >= 0.3 is 0 Å². The van der Waals surface area contributed by atoms with Crippen LogP contribution in [0.5, 0.6) is 0 Å². The van der Waals surface area contributed by atoms with E-state index in [1.165, 1.54) is 29.0 Å². The Morgan fingerprint density at radius 2 is 2.38 bits per heavy atom. The first-order valence-corrected chi connectivity index (χ1v) is 9.03. The zero-order chi connectivity index (χ0) is 14.7. The number of thiophene rings is 1. The first kappa shape index (κ1) is 15.5. The lowest BCUT2D eigenvalue weighted by atomic mass is 9.89. The number of rotatable bonds is 5. The van der Waals surface area contributed by atoms with E-state index in [1.807, 2.05) is 11.3 Å². The molecule has 0 radical (unpaired) electrons. The van der Waals surface area contributed by atoms with Crippen molar-refractivity contribution in [2.75, 3.05) is 32.9 Å².